The maximum atomic E-state index is 13.2. The van der Waals surface area contributed by atoms with Gasteiger partial charge in [-0.1, -0.05) is 42.5 Å². The predicted molar refractivity (Wildman–Crippen MR) is 85.0 cm³/mol. The molecule has 2 N–H and O–H groups in total. The van der Waals surface area contributed by atoms with E-state index >= 15 is 0 Å². The van der Waals surface area contributed by atoms with E-state index in [2.05, 4.69) is 10.3 Å². The summed E-state index contributed by atoms with van der Waals surface area (Å²) in [6.45, 7) is 0.344. The van der Waals surface area contributed by atoms with Crippen LogP contribution in [0.3, 0.4) is 0 Å². The number of hydrogen-bond acceptors (Lipinski definition) is 4. The minimum atomic E-state index is -0.317. The summed E-state index contributed by atoms with van der Waals surface area (Å²) in [7, 11) is 0. The number of halogens is 1. The molecule has 0 radical (unpaired) electrons. The van der Waals surface area contributed by atoms with Gasteiger partial charge in [0.25, 0.3) is 0 Å². The van der Waals surface area contributed by atoms with Crippen molar-refractivity contribution in [1.82, 2.24) is 10.3 Å². The second-order valence-electron chi connectivity index (χ2n) is 5.16. The number of aromatic nitrogens is 1. The smallest absolute Gasteiger partial charge is 0.208 e. The molecule has 1 heterocycles. The molecule has 0 aliphatic carbocycles. The number of aliphatic hydroxyl groups is 1. The molecule has 2 aromatic carbocycles. The zero-order valence-electron chi connectivity index (χ0n) is 12.4. The lowest BCUT2D eigenvalue weighted by atomic mass is 10.1. The molecule has 3 aromatic rings. The number of hydrogen-bond donors (Lipinski definition) is 2. The van der Waals surface area contributed by atoms with Gasteiger partial charge in [-0.25, -0.2) is 9.37 Å². The van der Waals surface area contributed by atoms with Crippen molar-refractivity contribution in [3.63, 3.8) is 0 Å². The molecule has 0 spiro atoms. The molecule has 0 amide bonds. The Kier molecular flexibility index (Phi) is 4.80. The maximum absolute atomic E-state index is 13.2. The quantitative estimate of drug-likeness (QED) is 0.733. The third-order valence-corrected chi connectivity index (χ3v) is 3.55. The molecule has 0 aliphatic heterocycles. The van der Waals surface area contributed by atoms with Gasteiger partial charge in [-0.2, -0.15) is 0 Å². The zero-order valence-corrected chi connectivity index (χ0v) is 12.4. The second-order valence-corrected chi connectivity index (χ2v) is 5.16. The number of oxazole rings is 1. The van der Waals surface area contributed by atoms with E-state index in [1.807, 2.05) is 30.3 Å². The molecule has 0 fully saturated rings. The van der Waals surface area contributed by atoms with Crippen LogP contribution in [-0.2, 0) is 6.54 Å². The third-order valence-electron chi connectivity index (χ3n) is 3.55. The van der Waals surface area contributed by atoms with Crippen LogP contribution in [0, 0.1) is 5.82 Å². The molecule has 3 rings (SSSR count). The van der Waals surface area contributed by atoms with Crippen LogP contribution in [0.4, 0.5) is 4.39 Å². The molecular weight excluding hydrogens is 295 g/mol. The lowest BCUT2D eigenvalue weighted by molar-refractivity contribution is 0.240. The SMILES string of the molecule is OC[C@@H](NCc1ncc(-c2cccc(F)c2)o1)c1ccccc1. The fourth-order valence-electron chi connectivity index (χ4n) is 2.35. The first-order valence-electron chi connectivity index (χ1n) is 7.36. The number of nitrogens with zero attached hydrogens (tertiary/aromatic N) is 1. The summed E-state index contributed by atoms with van der Waals surface area (Å²) in [5.41, 5.74) is 1.64. The van der Waals surface area contributed by atoms with Gasteiger partial charge < -0.3 is 9.52 Å². The maximum Gasteiger partial charge on any atom is 0.208 e. The molecule has 0 aliphatic rings. The van der Waals surface area contributed by atoms with E-state index in [0.29, 0.717) is 23.8 Å². The summed E-state index contributed by atoms with van der Waals surface area (Å²) in [6, 6.07) is 15.6. The second kappa shape index (κ2) is 7.17. The monoisotopic (exact) mass is 312 g/mol. The Labute approximate surface area is 133 Å². The van der Waals surface area contributed by atoms with E-state index in [1.165, 1.54) is 12.1 Å². The first kappa shape index (κ1) is 15.4. The van der Waals surface area contributed by atoms with Crippen molar-refractivity contribution in [3.05, 3.63) is 78.1 Å². The number of rotatable bonds is 6. The van der Waals surface area contributed by atoms with Crippen LogP contribution in [0.15, 0.2) is 65.2 Å². The average molecular weight is 312 g/mol. The molecule has 0 unspecified atom stereocenters. The summed E-state index contributed by atoms with van der Waals surface area (Å²) >= 11 is 0. The van der Waals surface area contributed by atoms with Crippen molar-refractivity contribution in [3.8, 4) is 11.3 Å². The van der Waals surface area contributed by atoms with Crippen molar-refractivity contribution in [2.45, 2.75) is 12.6 Å². The van der Waals surface area contributed by atoms with Crippen molar-refractivity contribution in [1.29, 1.82) is 0 Å². The molecule has 5 heteroatoms. The average Bonchev–Trinajstić information content (AvgIpc) is 3.05. The van der Waals surface area contributed by atoms with Gasteiger partial charge in [0.2, 0.25) is 5.89 Å². The van der Waals surface area contributed by atoms with Crippen molar-refractivity contribution in [2.75, 3.05) is 6.61 Å². The van der Waals surface area contributed by atoms with E-state index in [-0.39, 0.29) is 18.5 Å². The Balaban J connectivity index is 1.67. The molecule has 0 saturated carbocycles. The topological polar surface area (TPSA) is 58.3 Å². The molecule has 0 bridgehead atoms. The van der Waals surface area contributed by atoms with Gasteiger partial charge in [0.05, 0.1) is 25.4 Å². The summed E-state index contributed by atoms with van der Waals surface area (Å²) < 4.78 is 18.9. The van der Waals surface area contributed by atoms with Crippen molar-refractivity contribution in [2.24, 2.45) is 0 Å². The Bertz CT molecular complexity index is 758. The highest BCUT2D eigenvalue weighted by molar-refractivity contribution is 5.56. The highest BCUT2D eigenvalue weighted by atomic mass is 19.1. The first-order chi connectivity index (χ1) is 11.3. The molecule has 23 heavy (non-hydrogen) atoms. The molecule has 1 atom stereocenters. The standard InChI is InChI=1S/C18H17FN2O2/c19-15-8-4-7-14(9-15)17-10-21-18(23-17)11-20-16(12-22)13-5-2-1-3-6-13/h1-10,16,20,22H,11-12H2/t16-/m1/s1. The van der Waals surface area contributed by atoms with Crippen molar-refractivity contribution >= 4 is 0 Å². The predicted octanol–water partition coefficient (Wildman–Crippen LogP) is 3.30. The summed E-state index contributed by atoms with van der Waals surface area (Å²) in [5, 5.41) is 12.7. The van der Waals surface area contributed by atoms with Gasteiger partial charge in [0, 0.05) is 5.56 Å². The fraction of sp³-hybridized carbons (Fsp3) is 0.167. The van der Waals surface area contributed by atoms with Gasteiger partial charge in [0.15, 0.2) is 5.76 Å². The van der Waals surface area contributed by atoms with Crippen LogP contribution in [0.5, 0.6) is 0 Å². The number of nitrogens with one attached hydrogen (secondary N) is 1. The Morgan fingerprint density at radius 3 is 2.70 bits per heavy atom. The minimum Gasteiger partial charge on any atom is -0.439 e. The van der Waals surface area contributed by atoms with Gasteiger partial charge >= 0.3 is 0 Å². The lowest BCUT2D eigenvalue weighted by Gasteiger charge is -2.15. The fourth-order valence-corrected chi connectivity index (χ4v) is 2.35. The Hall–Kier alpha value is -2.50. The number of benzene rings is 2. The molecule has 0 saturated heterocycles. The van der Waals surface area contributed by atoms with E-state index in [1.54, 1.807) is 18.3 Å². The van der Waals surface area contributed by atoms with E-state index < -0.39 is 0 Å². The van der Waals surface area contributed by atoms with Crippen LogP contribution in [-0.4, -0.2) is 16.7 Å². The third kappa shape index (κ3) is 3.83. The lowest BCUT2D eigenvalue weighted by Crippen LogP contribution is -2.24. The summed E-state index contributed by atoms with van der Waals surface area (Å²) in [4.78, 5) is 4.19. The van der Waals surface area contributed by atoms with E-state index in [0.717, 1.165) is 5.56 Å². The van der Waals surface area contributed by atoms with Gasteiger partial charge in [-0.05, 0) is 17.7 Å². The Morgan fingerprint density at radius 2 is 1.96 bits per heavy atom. The molecule has 4 nitrogen and oxygen atoms in total. The minimum absolute atomic E-state index is 0.0263. The largest absolute Gasteiger partial charge is 0.439 e. The summed E-state index contributed by atoms with van der Waals surface area (Å²) in [6.07, 6.45) is 1.57. The van der Waals surface area contributed by atoms with Crippen LogP contribution in [0.1, 0.15) is 17.5 Å². The van der Waals surface area contributed by atoms with Gasteiger partial charge in [-0.3, -0.25) is 5.32 Å². The van der Waals surface area contributed by atoms with Crippen LogP contribution >= 0.6 is 0 Å². The Morgan fingerprint density at radius 1 is 1.13 bits per heavy atom. The van der Waals surface area contributed by atoms with Crippen molar-refractivity contribution < 1.29 is 13.9 Å². The van der Waals surface area contributed by atoms with E-state index in [9.17, 15) is 9.50 Å². The van der Waals surface area contributed by atoms with Crippen LogP contribution < -0.4 is 5.32 Å². The normalized spacial score (nSPS) is 12.3. The highest BCUT2D eigenvalue weighted by Crippen LogP contribution is 2.21. The molecule has 118 valence electrons. The molecular formula is C18H17FN2O2. The number of aliphatic hydroxyl groups excluding tert-OH is 1. The van der Waals surface area contributed by atoms with Gasteiger partial charge in [0.1, 0.15) is 5.82 Å². The first-order valence-corrected chi connectivity index (χ1v) is 7.36. The summed E-state index contributed by atoms with van der Waals surface area (Å²) in [5.74, 6) is 0.684. The molecule has 1 aromatic heterocycles. The highest BCUT2D eigenvalue weighted by Gasteiger charge is 2.12. The van der Waals surface area contributed by atoms with E-state index in [4.69, 9.17) is 4.42 Å². The van der Waals surface area contributed by atoms with Crippen LogP contribution in [0.2, 0.25) is 0 Å². The zero-order chi connectivity index (χ0) is 16.1. The van der Waals surface area contributed by atoms with Gasteiger partial charge in [-0.15, -0.1) is 0 Å². The van der Waals surface area contributed by atoms with Crippen LogP contribution in [0.25, 0.3) is 11.3 Å².